The van der Waals surface area contributed by atoms with Gasteiger partial charge in [-0.05, 0) is 89.5 Å². The van der Waals surface area contributed by atoms with Crippen molar-refractivity contribution in [3.05, 3.63) is 63.7 Å². The highest BCUT2D eigenvalue weighted by atomic mass is 35.5. The zero-order valence-electron chi connectivity index (χ0n) is 42.9. The van der Waals surface area contributed by atoms with Gasteiger partial charge in [0.1, 0.15) is 23.2 Å². The van der Waals surface area contributed by atoms with Crippen molar-refractivity contribution < 1.29 is 91.5 Å². The number of rotatable bonds is 18. The van der Waals surface area contributed by atoms with Crippen LogP contribution in [-0.4, -0.2) is 108 Å². The van der Waals surface area contributed by atoms with Crippen molar-refractivity contribution in [1.29, 1.82) is 0 Å². The molecular formula is C49H59ClF6N4O15S. The van der Waals surface area contributed by atoms with Gasteiger partial charge in [0, 0.05) is 36.4 Å². The van der Waals surface area contributed by atoms with Crippen molar-refractivity contribution in [2.24, 2.45) is 22.7 Å². The van der Waals surface area contributed by atoms with Crippen molar-refractivity contribution in [2.75, 3.05) is 13.2 Å². The number of fused-ring (bicyclic) bond motifs is 1. The maximum atomic E-state index is 14.6. The van der Waals surface area contributed by atoms with Crippen LogP contribution >= 0.6 is 11.6 Å². The Bertz CT molecular complexity index is 2780. The third-order valence-corrected chi connectivity index (χ3v) is 13.7. The average Bonchev–Trinajstić information content (AvgIpc) is 4.19. The molecule has 1 aliphatic heterocycles. The highest BCUT2D eigenvalue weighted by molar-refractivity contribution is 7.85. The molecule has 0 bridgehead atoms. The third-order valence-electron chi connectivity index (χ3n) is 12.4. The van der Waals surface area contributed by atoms with Crippen LogP contribution in [0.1, 0.15) is 107 Å². The zero-order chi connectivity index (χ0) is 57.1. The van der Waals surface area contributed by atoms with Gasteiger partial charge in [0.15, 0.2) is 12.4 Å². The number of benzene rings is 2. The van der Waals surface area contributed by atoms with Gasteiger partial charge in [0.25, 0.3) is 5.69 Å². The molecule has 2 heterocycles. The number of carbonyl (C=O) groups is 5. The summed E-state index contributed by atoms with van der Waals surface area (Å²) in [4.78, 5) is 82.1. The van der Waals surface area contributed by atoms with E-state index >= 15 is 0 Å². The molecule has 6 rings (SSSR count). The van der Waals surface area contributed by atoms with Gasteiger partial charge >= 0.3 is 34.8 Å². The first kappa shape index (κ1) is 60.8. The van der Waals surface area contributed by atoms with E-state index in [9.17, 15) is 68.8 Å². The van der Waals surface area contributed by atoms with Crippen LogP contribution in [0, 0.1) is 32.8 Å². The molecule has 0 radical (unpaired) electrons. The van der Waals surface area contributed by atoms with Gasteiger partial charge < -0.3 is 28.6 Å². The van der Waals surface area contributed by atoms with Crippen LogP contribution in [0.15, 0.2) is 48.5 Å². The van der Waals surface area contributed by atoms with E-state index in [0.717, 1.165) is 24.3 Å². The molecule has 27 heteroatoms. The largest absolute Gasteiger partial charge is 0.514 e. The number of halogens is 7. The van der Waals surface area contributed by atoms with E-state index in [1.54, 1.807) is 53.7 Å². The van der Waals surface area contributed by atoms with E-state index < -0.39 is 122 Å². The van der Waals surface area contributed by atoms with Crippen molar-refractivity contribution in [1.82, 2.24) is 14.6 Å². The summed E-state index contributed by atoms with van der Waals surface area (Å²) in [5.41, 5.74) is -5.86. The fourth-order valence-electron chi connectivity index (χ4n) is 8.13. The Morgan fingerprint density at radius 2 is 1.57 bits per heavy atom. The minimum atomic E-state index is -4.75. The van der Waals surface area contributed by atoms with Gasteiger partial charge in [-0.2, -0.15) is 34.8 Å². The third kappa shape index (κ3) is 16.5. The molecule has 0 spiro atoms. The van der Waals surface area contributed by atoms with E-state index in [2.05, 4.69) is 14.5 Å². The quantitative estimate of drug-likeness (QED) is 0.0409. The molecule has 2 aliphatic carbocycles. The van der Waals surface area contributed by atoms with Gasteiger partial charge in [0.2, 0.25) is 23.3 Å². The zero-order valence-corrected chi connectivity index (χ0v) is 44.5. The number of carbonyl (C=O) groups excluding carboxylic acids is 5. The van der Waals surface area contributed by atoms with E-state index in [1.807, 2.05) is 11.6 Å². The van der Waals surface area contributed by atoms with Crippen LogP contribution in [0.2, 0.25) is 5.02 Å². The number of hydrogen-bond acceptors (Lipinski definition) is 16. The molecule has 1 N–H and O–H groups in total. The number of nitro benzene ring substituents is 1. The molecular weight excluding hydrogens is 1070 g/mol. The number of Topliss-reactive ketones (excluding diaryl/α,β-unsaturated/α-hetero) is 1. The minimum Gasteiger partial charge on any atom is -0.488 e. The number of ketones is 1. The molecule has 1 saturated heterocycles. The number of nitrogens with zero attached hydrogens (tertiary/aromatic N) is 3. The van der Waals surface area contributed by atoms with Gasteiger partial charge in [-0.1, -0.05) is 51.8 Å². The highest BCUT2D eigenvalue weighted by Crippen LogP contribution is 2.58. The maximum absolute atomic E-state index is 14.6. The predicted octanol–water partition coefficient (Wildman–Crippen LogP) is 9.94. The normalized spacial score (nSPS) is 20.4. The molecule has 3 aliphatic rings. The Balaban J connectivity index is 0.000000448. The van der Waals surface area contributed by atoms with Gasteiger partial charge in [-0.15, -0.1) is 0 Å². The molecule has 19 nitrogen and oxygen atoms in total. The molecule has 3 fully saturated rings. The number of aromatic nitrogens is 1. The summed E-state index contributed by atoms with van der Waals surface area (Å²) >= 11 is 6.37. The van der Waals surface area contributed by atoms with Crippen LogP contribution in [0.4, 0.5) is 36.8 Å². The number of nitrogens with one attached hydrogen (secondary N) is 1. The summed E-state index contributed by atoms with van der Waals surface area (Å²) in [6, 6.07) is 8.88. The topological polar surface area (TPSA) is 246 Å². The average molecular weight is 1130 g/mol. The first-order valence-electron chi connectivity index (χ1n) is 23.8. The van der Waals surface area contributed by atoms with Gasteiger partial charge in [-0.25, -0.2) is 14.5 Å². The van der Waals surface area contributed by atoms with E-state index in [-0.39, 0.29) is 59.5 Å². The summed E-state index contributed by atoms with van der Waals surface area (Å²) < 4.78 is 134. The number of nitro groups is 1. The maximum Gasteiger partial charge on any atom is 0.514 e. The van der Waals surface area contributed by atoms with Crippen LogP contribution in [0.25, 0.3) is 10.9 Å². The Morgan fingerprint density at radius 3 is 2.09 bits per heavy atom. The summed E-state index contributed by atoms with van der Waals surface area (Å²) in [5, 5.41) is 10.8. The Labute approximate surface area is 439 Å². The number of esters is 1. The lowest BCUT2D eigenvalue weighted by Crippen LogP contribution is -2.48. The number of alkyl halides is 6. The SMILES string of the molecule is CC(C)(OC(=O)Oc1ccc([N+](=O)[O-])cc1)C(F)(F)F.CC[C@@H]1C[C@]1(CC(=O)[C@@H]1C[C@@H](Oc2cc(OCC(F)(F)F)nc3c(Cl)cccc23)CN1C(=O)[C@@H](CC(=O)OC(C)(C)C)C(C)(C)C)C(=O)NS(=O)(=O)OC1CC1. The van der Waals surface area contributed by atoms with Gasteiger partial charge in [-0.3, -0.25) is 33.5 Å². The highest BCUT2D eigenvalue weighted by Gasteiger charge is 2.62. The molecule has 2 aromatic carbocycles. The monoisotopic (exact) mass is 1120 g/mol. The molecule has 2 amide bonds. The van der Waals surface area contributed by atoms with E-state index in [0.29, 0.717) is 38.5 Å². The fourth-order valence-corrected chi connectivity index (χ4v) is 9.38. The molecule has 420 valence electrons. The van der Waals surface area contributed by atoms with Crippen LogP contribution < -0.4 is 18.9 Å². The van der Waals surface area contributed by atoms with Crippen LogP contribution in [-0.2, 0) is 43.1 Å². The van der Waals surface area contributed by atoms with Gasteiger partial charge in [0.05, 0.1) is 51.9 Å². The van der Waals surface area contributed by atoms with Crippen molar-refractivity contribution in [3.8, 4) is 17.4 Å². The molecule has 1 aromatic heterocycles. The number of para-hydroxylation sites is 1. The second kappa shape index (κ2) is 22.9. The summed E-state index contributed by atoms with van der Waals surface area (Å²) in [7, 11) is -4.43. The summed E-state index contributed by atoms with van der Waals surface area (Å²) in [5.74, 6) is -4.42. The number of non-ortho nitro benzene ring substituents is 1. The standard InChI is InChI=1S/C38H49ClF3N3O10S.C11H10F3NO5/c1-8-21-17-37(21,34(49)44-56(50,51)55-22-12-13-22)18-28(46)27-14-23(19-45(27)33(48)25(35(2,3)4)15-31(47)54-36(5,6)7)53-29-16-30(52-20-38(40,41)42)43-32-24(29)10-9-11-26(32)39;1-10(2,11(12,13)14)20-9(16)19-8-5-3-7(4-6-8)15(17)18/h9-11,16,21-23,25,27H,8,12-15,17-20H2,1-7H3,(H,44,49);3-6H,1-2H3/t21-,23-,25-,27+,37-;/m1./s1. The number of pyridine rings is 1. The Kier molecular flexibility index (Phi) is 18.3. The summed E-state index contributed by atoms with van der Waals surface area (Å²) in [6.07, 6.45) is -11.4. The molecule has 0 unspecified atom stereocenters. The molecule has 2 saturated carbocycles. The first-order valence-corrected chi connectivity index (χ1v) is 25.6. The number of likely N-dealkylation sites (tertiary alicyclic amines) is 1. The smallest absolute Gasteiger partial charge is 0.488 e. The van der Waals surface area contributed by atoms with Crippen molar-refractivity contribution >= 4 is 68.2 Å². The molecule has 76 heavy (non-hydrogen) atoms. The van der Waals surface area contributed by atoms with Crippen LogP contribution in [0.3, 0.4) is 0 Å². The van der Waals surface area contributed by atoms with Crippen LogP contribution in [0.5, 0.6) is 17.4 Å². The Hall–Kier alpha value is -6.02. The number of amides is 2. The molecule has 5 atom stereocenters. The number of ether oxygens (including phenoxy) is 5. The number of hydrogen-bond donors (Lipinski definition) is 1. The Morgan fingerprint density at radius 1 is 0.934 bits per heavy atom. The fraction of sp³-hybridized carbons (Fsp3) is 0.592. The second-order valence-electron chi connectivity index (χ2n) is 21.2. The lowest BCUT2D eigenvalue weighted by molar-refractivity contribution is -0.384. The lowest BCUT2D eigenvalue weighted by atomic mass is 9.77. The lowest BCUT2D eigenvalue weighted by Gasteiger charge is -2.35. The second-order valence-corrected chi connectivity index (χ2v) is 22.9. The molecule has 3 aromatic rings. The van der Waals surface area contributed by atoms with E-state index in [4.69, 9.17) is 30.0 Å². The van der Waals surface area contributed by atoms with Crippen molar-refractivity contribution in [3.63, 3.8) is 0 Å². The minimum absolute atomic E-state index is 0.0336. The summed E-state index contributed by atoms with van der Waals surface area (Å²) in [6.45, 7) is 11.8. The van der Waals surface area contributed by atoms with E-state index in [1.165, 1.54) is 17.0 Å². The predicted molar refractivity (Wildman–Crippen MR) is 258 cm³/mol. The van der Waals surface area contributed by atoms with Crippen molar-refractivity contribution in [2.45, 2.75) is 149 Å². The first-order chi connectivity index (χ1) is 34.8.